The lowest BCUT2D eigenvalue weighted by atomic mass is 9.85. The van der Waals surface area contributed by atoms with Crippen LogP contribution in [0.3, 0.4) is 0 Å². The molecule has 0 spiro atoms. The van der Waals surface area contributed by atoms with E-state index >= 15 is 0 Å². The van der Waals surface area contributed by atoms with Crippen LogP contribution in [0.4, 0.5) is 0 Å². The molecule has 1 aromatic rings. The van der Waals surface area contributed by atoms with Crippen LogP contribution in [0.2, 0.25) is 0 Å². The Morgan fingerprint density at radius 2 is 1.93 bits per heavy atom. The average molecular weight is 430 g/mol. The summed E-state index contributed by atoms with van der Waals surface area (Å²) in [5.74, 6) is 1.66. The highest BCUT2D eigenvalue weighted by Gasteiger charge is 2.25. The standard InChI is InChI=1S/C20H39N5O3S/c1-4-25(5-2)14-9-15-29(27,28)23-18(13-12-17-10-7-6-8-11-17)20-21-19(16-26)24(3)22-20/h17-18,23,26H,4-16H2,1-3H3/t18-/m1/s1. The van der Waals surface area contributed by atoms with E-state index in [2.05, 4.69) is 33.6 Å². The fourth-order valence-corrected chi connectivity index (χ4v) is 5.42. The van der Waals surface area contributed by atoms with E-state index in [-0.39, 0.29) is 12.4 Å². The van der Waals surface area contributed by atoms with Gasteiger partial charge in [-0.2, -0.15) is 5.10 Å². The summed E-state index contributed by atoms with van der Waals surface area (Å²) in [6.45, 7) is 6.59. The smallest absolute Gasteiger partial charge is 0.212 e. The van der Waals surface area contributed by atoms with Gasteiger partial charge in [0.1, 0.15) is 6.61 Å². The lowest BCUT2D eigenvalue weighted by molar-refractivity contribution is 0.265. The summed E-state index contributed by atoms with van der Waals surface area (Å²) in [5, 5.41) is 13.8. The van der Waals surface area contributed by atoms with Crippen LogP contribution >= 0.6 is 0 Å². The van der Waals surface area contributed by atoms with Gasteiger partial charge in [0.2, 0.25) is 10.0 Å². The molecule has 29 heavy (non-hydrogen) atoms. The van der Waals surface area contributed by atoms with E-state index in [1.165, 1.54) is 36.8 Å². The van der Waals surface area contributed by atoms with Gasteiger partial charge >= 0.3 is 0 Å². The predicted octanol–water partition coefficient (Wildman–Crippen LogP) is 2.36. The van der Waals surface area contributed by atoms with Gasteiger partial charge in [0, 0.05) is 7.05 Å². The minimum absolute atomic E-state index is 0.100. The molecule has 0 aromatic carbocycles. The summed E-state index contributed by atoms with van der Waals surface area (Å²) in [6, 6.07) is -0.443. The van der Waals surface area contributed by atoms with Crippen LogP contribution in [-0.4, -0.2) is 58.6 Å². The van der Waals surface area contributed by atoms with E-state index in [0.29, 0.717) is 30.4 Å². The molecular weight excluding hydrogens is 390 g/mol. The second-order valence-corrected chi connectivity index (χ2v) is 9.99. The van der Waals surface area contributed by atoms with Crippen molar-refractivity contribution in [3.8, 4) is 0 Å². The van der Waals surface area contributed by atoms with Crippen molar-refractivity contribution in [1.29, 1.82) is 0 Å². The molecule has 0 unspecified atom stereocenters. The Hall–Kier alpha value is -1.03. The van der Waals surface area contributed by atoms with Gasteiger partial charge in [0.15, 0.2) is 11.6 Å². The number of aliphatic hydroxyl groups excluding tert-OH is 1. The first kappa shape index (κ1) is 24.2. The molecule has 1 aliphatic rings. The van der Waals surface area contributed by atoms with Crippen molar-refractivity contribution in [2.24, 2.45) is 13.0 Å². The van der Waals surface area contributed by atoms with Gasteiger partial charge in [-0.1, -0.05) is 46.0 Å². The highest BCUT2D eigenvalue weighted by Crippen LogP contribution is 2.30. The van der Waals surface area contributed by atoms with Crippen LogP contribution in [0, 0.1) is 5.92 Å². The monoisotopic (exact) mass is 429 g/mol. The van der Waals surface area contributed by atoms with Crippen molar-refractivity contribution in [3.05, 3.63) is 11.6 Å². The Kier molecular flexibility index (Phi) is 10.0. The van der Waals surface area contributed by atoms with Crippen LogP contribution in [-0.2, 0) is 23.7 Å². The number of hydrogen-bond acceptors (Lipinski definition) is 6. The number of hydrogen-bond donors (Lipinski definition) is 2. The van der Waals surface area contributed by atoms with Gasteiger partial charge in [0.05, 0.1) is 11.8 Å². The van der Waals surface area contributed by atoms with Crippen LogP contribution < -0.4 is 4.72 Å². The van der Waals surface area contributed by atoms with Gasteiger partial charge in [-0.3, -0.25) is 4.68 Å². The second kappa shape index (κ2) is 12.0. The number of nitrogens with one attached hydrogen (secondary N) is 1. The molecule has 9 heteroatoms. The minimum atomic E-state index is -3.43. The third-order valence-electron chi connectivity index (χ3n) is 6.01. The molecule has 0 aliphatic heterocycles. The third-order valence-corrected chi connectivity index (χ3v) is 7.48. The largest absolute Gasteiger partial charge is 0.388 e. The Bertz CT molecular complexity index is 697. The van der Waals surface area contributed by atoms with E-state index in [4.69, 9.17) is 0 Å². The number of rotatable bonds is 13. The summed E-state index contributed by atoms with van der Waals surface area (Å²) in [6.07, 6.45) is 8.55. The van der Waals surface area contributed by atoms with Gasteiger partial charge < -0.3 is 10.0 Å². The average Bonchev–Trinajstić information content (AvgIpc) is 3.10. The highest BCUT2D eigenvalue weighted by atomic mass is 32.2. The quantitative estimate of drug-likeness (QED) is 0.499. The maximum Gasteiger partial charge on any atom is 0.212 e. The van der Waals surface area contributed by atoms with Gasteiger partial charge in [0.25, 0.3) is 0 Å². The molecule has 1 aliphatic carbocycles. The van der Waals surface area contributed by atoms with Crippen molar-refractivity contribution in [1.82, 2.24) is 24.4 Å². The molecule has 8 nitrogen and oxygen atoms in total. The van der Waals surface area contributed by atoms with Crippen molar-refractivity contribution < 1.29 is 13.5 Å². The van der Waals surface area contributed by atoms with Crippen LogP contribution in [0.25, 0.3) is 0 Å². The van der Waals surface area contributed by atoms with Crippen molar-refractivity contribution in [2.75, 3.05) is 25.4 Å². The molecule has 1 saturated carbocycles. The fraction of sp³-hybridized carbons (Fsp3) is 0.900. The number of aryl methyl sites for hydroxylation is 1. The Morgan fingerprint density at radius 3 is 2.52 bits per heavy atom. The van der Waals surface area contributed by atoms with Crippen molar-refractivity contribution in [2.45, 2.75) is 77.9 Å². The maximum atomic E-state index is 12.7. The summed E-state index contributed by atoms with van der Waals surface area (Å²) < 4.78 is 29.9. The molecule has 0 bridgehead atoms. The topological polar surface area (TPSA) is 100 Å². The second-order valence-electron chi connectivity index (χ2n) is 8.12. The number of aromatic nitrogens is 3. The molecule has 2 N–H and O–H groups in total. The maximum absolute atomic E-state index is 12.7. The van der Waals surface area contributed by atoms with Gasteiger partial charge in [-0.15, -0.1) is 0 Å². The molecule has 2 rings (SSSR count). The molecule has 0 amide bonds. The van der Waals surface area contributed by atoms with Crippen LogP contribution in [0.1, 0.15) is 82.9 Å². The molecule has 0 radical (unpaired) electrons. The van der Waals surface area contributed by atoms with E-state index in [1.807, 2.05) is 0 Å². The Morgan fingerprint density at radius 1 is 1.24 bits per heavy atom. The molecule has 1 atom stereocenters. The lowest BCUT2D eigenvalue weighted by Gasteiger charge is -2.24. The zero-order valence-electron chi connectivity index (χ0n) is 18.3. The number of nitrogens with zero attached hydrogens (tertiary/aromatic N) is 4. The Balaban J connectivity index is 2.02. The predicted molar refractivity (Wildman–Crippen MR) is 115 cm³/mol. The highest BCUT2D eigenvalue weighted by molar-refractivity contribution is 7.89. The molecule has 0 saturated heterocycles. The van der Waals surface area contributed by atoms with Crippen molar-refractivity contribution in [3.63, 3.8) is 0 Å². The molecular formula is C20H39N5O3S. The third kappa shape index (κ3) is 7.96. The SMILES string of the molecule is CCN(CC)CCCS(=O)(=O)N[C@H](CCC1CCCCC1)c1nc(CO)n(C)n1. The van der Waals surface area contributed by atoms with Crippen LogP contribution in [0.15, 0.2) is 0 Å². The molecule has 1 aromatic heterocycles. The number of aliphatic hydroxyl groups is 1. The van der Waals surface area contributed by atoms with Gasteiger partial charge in [-0.05, 0) is 44.8 Å². The first-order valence-corrected chi connectivity index (χ1v) is 12.8. The minimum Gasteiger partial charge on any atom is -0.388 e. The van der Waals surface area contributed by atoms with E-state index in [1.54, 1.807) is 7.05 Å². The number of sulfonamides is 1. The molecule has 1 heterocycles. The first-order valence-electron chi connectivity index (χ1n) is 11.1. The summed E-state index contributed by atoms with van der Waals surface area (Å²) in [5.41, 5.74) is 0. The molecule has 1 fully saturated rings. The van der Waals surface area contributed by atoms with Gasteiger partial charge in [-0.25, -0.2) is 18.1 Å². The van der Waals surface area contributed by atoms with Crippen LogP contribution in [0.5, 0.6) is 0 Å². The van der Waals surface area contributed by atoms with E-state index in [9.17, 15) is 13.5 Å². The summed E-state index contributed by atoms with van der Waals surface area (Å²) >= 11 is 0. The lowest BCUT2D eigenvalue weighted by Crippen LogP contribution is -2.33. The summed E-state index contributed by atoms with van der Waals surface area (Å²) in [4.78, 5) is 6.60. The zero-order chi connectivity index (χ0) is 21.3. The van der Waals surface area contributed by atoms with E-state index in [0.717, 1.165) is 26.1 Å². The summed E-state index contributed by atoms with van der Waals surface area (Å²) in [7, 11) is -1.71. The fourth-order valence-electron chi connectivity index (χ4n) is 4.14. The normalized spacial score (nSPS) is 17.1. The zero-order valence-corrected chi connectivity index (χ0v) is 19.1. The van der Waals surface area contributed by atoms with E-state index < -0.39 is 16.1 Å². The van der Waals surface area contributed by atoms with Crippen molar-refractivity contribution >= 4 is 10.0 Å². The first-order chi connectivity index (χ1) is 13.9. The Labute approximate surface area is 176 Å². The molecule has 168 valence electrons.